The van der Waals surface area contributed by atoms with Gasteiger partial charge in [-0.1, -0.05) is 206 Å². The van der Waals surface area contributed by atoms with Gasteiger partial charge in [-0.25, -0.2) is 29.9 Å². The number of rotatable bonds is 8. The molecule has 0 saturated carbocycles. The first kappa shape index (κ1) is 41.5. The fourth-order valence-corrected chi connectivity index (χ4v) is 9.09. The third kappa shape index (κ3) is 8.01. The first-order valence-corrected chi connectivity index (χ1v) is 22.8. The molecule has 0 N–H and O–H groups in total. The lowest BCUT2D eigenvalue weighted by molar-refractivity contribution is 0.660. The van der Waals surface area contributed by atoms with Crippen molar-refractivity contribution in [2.75, 3.05) is 0 Å². The molecule has 11 rings (SSSR count). The number of benzene rings is 8. The highest BCUT2D eigenvalue weighted by atomic mass is 15.0. The minimum atomic E-state index is -0.137. The Kier molecular flexibility index (Phi) is 10.3. The topological polar surface area (TPSA) is 77.3 Å². The highest BCUT2D eigenvalue weighted by Gasteiger charge is 2.35. The van der Waals surface area contributed by atoms with Crippen molar-refractivity contribution in [3.8, 4) is 102 Å². The lowest BCUT2D eigenvalue weighted by Crippen LogP contribution is -2.14. The molecule has 0 bridgehead atoms. The van der Waals surface area contributed by atoms with Crippen LogP contribution in [-0.4, -0.2) is 29.9 Å². The van der Waals surface area contributed by atoms with Crippen LogP contribution in [0.1, 0.15) is 47.2 Å². The van der Waals surface area contributed by atoms with Crippen molar-refractivity contribution >= 4 is 0 Å². The molecule has 6 heteroatoms. The lowest BCUT2D eigenvalue weighted by atomic mass is 9.82. The number of aromatic nitrogens is 6. The van der Waals surface area contributed by atoms with Gasteiger partial charge in [-0.2, -0.15) is 0 Å². The van der Waals surface area contributed by atoms with Crippen LogP contribution in [0.4, 0.5) is 0 Å². The largest absolute Gasteiger partial charge is 0.208 e. The van der Waals surface area contributed by atoms with Crippen molar-refractivity contribution in [2.45, 2.75) is 47.0 Å². The molecule has 0 spiro atoms. The van der Waals surface area contributed by atoms with Crippen LogP contribution < -0.4 is 0 Å². The molecule has 8 aromatic carbocycles. The van der Waals surface area contributed by atoms with E-state index in [1.54, 1.807) is 0 Å². The van der Waals surface area contributed by atoms with Gasteiger partial charge in [-0.3, -0.25) is 0 Å². The van der Waals surface area contributed by atoms with Gasteiger partial charge in [0.2, 0.25) is 0 Å². The van der Waals surface area contributed by atoms with Gasteiger partial charge in [0.05, 0.1) is 0 Å². The minimum Gasteiger partial charge on any atom is -0.208 e. The van der Waals surface area contributed by atoms with Gasteiger partial charge in [0.25, 0.3) is 0 Å². The van der Waals surface area contributed by atoms with Gasteiger partial charge in [0.1, 0.15) is 0 Å². The van der Waals surface area contributed by atoms with Crippen molar-refractivity contribution in [2.24, 2.45) is 0 Å². The van der Waals surface area contributed by atoms with E-state index in [0.29, 0.717) is 34.9 Å². The number of aryl methyl sites for hydroxylation is 4. The normalized spacial score (nSPS) is 12.4. The summed E-state index contributed by atoms with van der Waals surface area (Å²) in [7, 11) is 0. The predicted molar refractivity (Wildman–Crippen MR) is 273 cm³/mol. The Hall–Kier alpha value is -8.22. The molecule has 6 nitrogen and oxygen atoms in total. The van der Waals surface area contributed by atoms with E-state index in [1.165, 1.54) is 44.5 Å². The summed E-state index contributed by atoms with van der Waals surface area (Å²) in [6, 6.07) is 64.4. The van der Waals surface area contributed by atoms with Gasteiger partial charge in [-0.05, 0) is 84.3 Å². The van der Waals surface area contributed by atoms with Crippen molar-refractivity contribution in [3.05, 3.63) is 215 Å². The Morgan fingerprint density at radius 2 is 0.433 bits per heavy atom. The van der Waals surface area contributed by atoms with Crippen molar-refractivity contribution < 1.29 is 0 Å². The van der Waals surface area contributed by atoms with Crippen LogP contribution in [0.2, 0.25) is 0 Å². The van der Waals surface area contributed by atoms with E-state index in [9.17, 15) is 0 Å². The first-order valence-electron chi connectivity index (χ1n) is 22.8. The highest BCUT2D eigenvalue weighted by Crippen LogP contribution is 2.50. The van der Waals surface area contributed by atoms with Crippen LogP contribution in [0.15, 0.2) is 182 Å². The van der Waals surface area contributed by atoms with Gasteiger partial charge in [0.15, 0.2) is 34.9 Å². The second kappa shape index (κ2) is 16.6. The third-order valence-electron chi connectivity index (χ3n) is 13.1. The fraction of sp³-hybridized carbons (Fsp3) is 0.115. The Balaban J connectivity index is 0.906. The summed E-state index contributed by atoms with van der Waals surface area (Å²) in [6.45, 7) is 13.0. The average molecular weight is 865 g/mol. The van der Waals surface area contributed by atoms with E-state index < -0.39 is 0 Å². The highest BCUT2D eigenvalue weighted by molar-refractivity contribution is 5.87. The molecule has 0 unspecified atom stereocenters. The molecular weight excluding hydrogens is 817 g/mol. The molecule has 2 aromatic heterocycles. The predicted octanol–water partition coefficient (Wildman–Crippen LogP) is 14.9. The van der Waals surface area contributed by atoms with Crippen molar-refractivity contribution in [1.82, 2.24) is 29.9 Å². The summed E-state index contributed by atoms with van der Waals surface area (Å²) in [5.74, 6) is 3.91. The van der Waals surface area contributed by atoms with Crippen LogP contribution in [0.3, 0.4) is 0 Å². The first-order chi connectivity index (χ1) is 32.5. The summed E-state index contributed by atoms with van der Waals surface area (Å²) in [4.78, 5) is 29.8. The van der Waals surface area contributed by atoms with E-state index in [1.807, 2.05) is 0 Å². The standard InChI is InChI=1S/C61H48N6/c1-37-7-15-43(16-8-37)55-62-56(44-17-9-38(2)10-18-44)65-59(64-55)47-27-23-41(24-28-47)49-31-33-53-51(35-49)52-36-50(32-34-54(52)61(53,5)6)42-25-29-48(30-26-42)60-66-57(45-19-11-39(3)12-20-45)63-58(67-60)46-21-13-40(4)14-22-46/h7-36H,1-6H3. The van der Waals surface area contributed by atoms with E-state index >= 15 is 0 Å². The number of nitrogens with zero attached hydrogens (tertiary/aromatic N) is 6. The summed E-state index contributed by atoms with van der Waals surface area (Å²) in [5.41, 5.74) is 20.1. The van der Waals surface area contributed by atoms with E-state index in [2.05, 4.69) is 224 Å². The average Bonchev–Trinajstić information content (AvgIpc) is 3.59. The fourth-order valence-electron chi connectivity index (χ4n) is 9.09. The minimum absolute atomic E-state index is 0.137. The molecule has 2 heterocycles. The maximum absolute atomic E-state index is 4.99. The molecule has 0 radical (unpaired) electrons. The van der Waals surface area contributed by atoms with Crippen LogP contribution in [-0.2, 0) is 5.41 Å². The van der Waals surface area contributed by atoms with E-state index in [4.69, 9.17) is 29.9 Å². The Bertz CT molecular complexity index is 3100. The Labute approximate surface area is 392 Å². The summed E-state index contributed by atoms with van der Waals surface area (Å²) in [5, 5.41) is 0. The number of hydrogen-bond donors (Lipinski definition) is 0. The zero-order valence-electron chi connectivity index (χ0n) is 38.5. The van der Waals surface area contributed by atoms with Crippen molar-refractivity contribution in [1.29, 1.82) is 0 Å². The summed E-state index contributed by atoms with van der Waals surface area (Å²) in [6.07, 6.45) is 0. The second-order valence-corrected chi connectivity index (χ2v) is 18.4. The van der Waals surface area contributed by atoms with Gasteiger partial charge in [-0.15, -0.1) is 0 Å². The molecule has 0 atom stereocenters. The third-order valence-corrected chi connectivity index (χ3v) is 13.1. The summed E-state index contributed by atoms with van der Waals surface area (Å²) >= 11 is 0. The number of hydrogen-bond acceptors (Lipinski definition) is 6. The second-order valence-electron chi connectivity index (χ2n) is 18.4. The molecule has 10 aromatic rings. The quantitative estimate of drug-likeness (QED) is 0.151. The van der Waals surface area contributed by atoms with Crippen LogP contribution in [0.25, 0.3) is 102 Å². The smallest absolute Gasteiger partial charge is 0.164 e. The van der Waals surface area contributed by atoms with Crippen LogP contribution in [0, 0.1) is 27.7 Å². The molecule has 0 fully saturated rings. The van der Waals surface area contributed by atoms with Crippen LogP contribution >= 0.6 is 0 Å². The Morgan fingerprint density at radius 1 is 0.239 bits per heavy atom. The lowest BCUT2D eigenvalue weighted by Gasteiger charge is -2.21. The maximum Gasteiger partial charge on any atom is 0.164 e. The molecule has 0 amide bonds. The maximum atomic E-state index is 4.99. The number of fused-ring (bicyclic) bond motifs is 3. The molecule has 0 aliphatic heterocycles. The Morgan fingerprint density at radius 3 is 0.672 bits per heavy atom. The van der Waals surface area contributed by atoms with Gasteiger partial charge >= 0.3 is 0 Å². The van der Waals surface area contributed by atoms with Gasteiger partial charge in [0, 0.05) is 38.8 Å². The molecule has 67 heavy (non-hydrogen) atoms. The zero-order chi connectivity index (χ0) is 45.8. The van der Waals surface area contributed by atoms with E-state index in [0.717, 1.165) is 55.6 Å². The molecular formula is C61H48N6. The van der Waals surface area contributed by atoms with Crippen molar-refractivity contribution in [3.63, 3.8) is 0 Å². The van der Waals surface area contributed by atoms with Gasteiger partial charge < -0.3 is 0 Å². The monoisotopic (exact) mass is 864 g/mol. The SMILES string of the molecule is Cc1ccc(-c2nc(-c3ccc(C)cc3)nc(-c3ccc(-c4ccc5c(c4)-c4cc(-c6ccc(-c7nc(-c8ccc(C)cc8)nc(-c8ccc(C)cc8)n7)cc6)ccc4C5(C)C)cc3)n2)cc1. The molecule has 1 aliphatic carbocycles. The molecule has 322 valence electrons. The van der Waals surface area contributed by atoms with E-state index in [-0.39, 0.29) is 5.41 Å². The van der Waals surface area contributed by atoms with Crippen LogP contribution in [0.5, 0.6) is 0 Å². The summed E-state index contributed by atoms with van der Waals surface area (Å²) < 4.78 is 0. The molecule has 1 aliphatic rings. The molecule has 0 saturated heterocycles. The zero-order valence-corrected chi connectivity index (χ0v) is 38.5.